The second-order valence-electron chi connectivity index (χ2n) is 8.57. The highest BCUT2D eigenvalue weighted by Crippen LogP contribution is 2.29. The SMILES string of the molecule is [B]c1cccc2c1c(NC(=O)CCC1CCCCCC1)cn2CC1(O)COC1. The molecule has 1 aliphatic carbocycles. The summed E-state index contributed by atoms with van der Waals surface area (Å²) in [6, 6.07) is 5.71. The number of aromatic nitrogens is 1. The Morgan fingerprint density at radius 1 is 1.25 bits per heavy atom. The van der Waals surface area contributed by atoms with Gasteiger partial charge in [0.05, 0.1) is 25.4 Å². The van der Waals surface area contributed by atoms with E-state index in [1.54, 1.807) is 0 Å². The summed E-state index contributed by atoms with van der Waals surface area (Å²) in [5.74, 6) is 0.713. The van der Waals surface area contributed by atoms with Crippen molar-refractivity contribution in [3.63, 3.8) is 0 Å². The topological polar surface area (TPSA) is 63.5 Å². The van der Waals surface area contributed by atoms with Crippen LogP contribution < -0.4 is 10.8 Å². The average Bonchev–Trinajstić information content (AvgIpc) is 2.82. The first-order valence-electron chi connectivity index (χ1n) is 10.5. The standard InChI is InChI=1S/C22H29BN2O3/c23-17-8-5-9-19-21(17)18(12-25(19)13-22(27)14-28-15-22)24-20(26)11-10-16-6-3-1-2-4-7-16/h5,8-9,12,16,27H,1-4,6-7,10-11,13-15H2,(H,24,26). The molecule has 2 heterocycles. The molecule has 6 heteroatoms. The Kier molecular flexibility index (Phi) is 5.79. The van der Waals surface area contributed by atoms with Crippen molar-refractivity contribution in [3.05, 3.63) is 24.4 Å². The molecule has 1 amide bonds. The molecule has 2 aromatic rings. The van der Waals surface area contributed by atoms with Gasteiger partial charge in [-0.05, 0) is 18.4 Å². The van der Waals surface area contributed by atoms with E-state index >= 15 is 0 Å². The number of nitrogens with zero attached hydrogens (tertiary/aromatic N) is 1. The molecule has 0 unspecified atom stereocenters. The van der Waals surface area contributed by atoms with Crippen molar-refractivity contribution in [1.82, 2.24) is 4.57 Å². The molecule has 0 spiro atoms. The summed E-state index contributed by atoms with van der Waals surface area (Å²) >= 11 is 0. The second-order valence-corrected chi connectivity index (χ2v) is 8.57. The summed E-state index contributed by atoms with van der Waals surface area (Å²) < 4.78 is 7.13. The maximum Gasteiger partial charge on any atom is 0.224 e. The lowest BCUT2D eigenvalue weighted by Gasteiger charge is -2.36. The number of aliphatic hydroxyl groups is 1. The summed E-state index contributed by atoms with van der Waals surface area (Å²) in [5, 5.41) is 14.4. The summed E-state index contributed by atoms with van der Waals surface area (Å²) in [7, 11) is 6.21. The predicted octanol–water partition coefficient (Wildman–Crippen LogP) is 2.89. The highest BCUT2D eigenvalue weighted by molar-refractivity contribution is 6.40. The molecule has 2 N–H and O–H groups in total. The number of nitrogens with one attached hydrogen (secondary N) is 1. The number of hydrogen-bond donors (Lipinski definition) is 2. The van der Waals surface area contributed by atoms with Gasteiger partial charge in [0.1, 0.15) is 13.4 Å². The smallest absolute Gasteiger partial charge is 0.224 e. The lowest BCUT2D eigenvalue weighted by atomic mass is 9.91. The molecular formula is C22H29BN2O3. The monoisotopic (exact) mass is 380 g/mol. The number of ether oxygens (including phenoxy) is 1. The van der Waals surface area contributed by atoms with Gasteiger partial charge in [0.15, 0.2) is 0 Å². The fourth-order valence-electron chi connectivity index (χ4n) is 4.55. The van der Waals surface area contributed by atoms with Crippen LogP contribution in [0, 0.1) is 5.92 Å². The zero-order chi connectivity index (χ0) is 19.6. The van der Waals surface area contributed by atoms with Crippen LogP contribution in [0.15, 0.2) is 24.4 Å². The highest BCUT2D eigenvalue weighted by Gasteiger charge is 2.37. The number of rotatable bonds is 6. The summed E-state index contributed by atoms with van der Waals surface area (Å²) in [6.07, 6.45) is 11.1. The van der Waals surface area contributed by atoms with E-state index in [-0.39, 0.29) is 5.91 Å². The first-order valence-corrected chi connectivity index (χ1v) is 10.5. The van der Waals surface area contributed by atoms with Crippen LogP contribution in [0.1, 0.15) is 51.4 Å². The Hall–Kier alpha value is -1.79. The van der Waals surface area contributed by atoms with Gasteiger partial charge in [-0.2, -0.15) is 0 Å². The number of fused-ring (bicyclic) bond motifs is 1. The van der Waals surface area contributed by atoms with Crippen LogP contribution in [0.3, 0.4) is 0 Å². The van der Waals surface area contributed by atoms with Crippen molar-refractivity contribution in [1.29, 1.82) is 0 Å². The Labute approximate surface area is 167 Å². The molecule has 1 aliphatic heterocycles. The highest BCUT2D eigenvalue weighted by atomic mass is 16.5. The Morgan fingerprint density at radius 3 is 2.68 bits per heavy atom. The molecule has 1 aromatic heterocycles. The van der Waals surface area contributed by atoms with Crippen LogP contribution in [0.5, 0.6) is 0 Å². The molecule has 148 valence electrons. The van der Waals surface area contributed by atoms with Crippen molar-refractivity contribution in [2.75, 3.05) is 18.5 Å². The fourth-order valence-corrected chi connectivity index (χ4v) is 4.55. The molecule has 1 aromatic carbocycles. The maximum atomic E-state index is 12.6. The number of anilines is 1. The molecule has 5 nitrogen and oxygen atoms in total. The second kappa shape index (κ2) is 8.30. The zero-order valence-corrected chi connectivity index (χ0v) is 16.5. The molecule has 0 atom stereocenters. The molecular weight excluding hydrogens is 351 g/mol. The van der Waals surface area contributed by atoms with E-state index in [0.717, 1.165) is 23.0 Å². The quantitative estimate of drug-likeness (QED) is 0.598. The van der Waals surface area contributed by atoms with E-state index in [0.29, 0.717) is 37.6 Å². The van der Waals surface area contributed by atoms with Crippen LogP contribution in [0.4, 0.5) is 5.69 Å². The van der Waals surface area contributed by atoms with Crippen molar-refractivity contribution < 1.29 is 14.6 Å². The molecule has 2 radical (unpaired) electrons. The molecule has 0 bridgehead atoms. The van der Waals surface area contributed by atoms with E-state index in [4.69, 9.17) is 12.6 Å². The maximum absolute atomic E-state index is 12.6. The van der Waals surface area contributed by atoms with Gasteiger partial charge in [-0.15, -0.1) is 0 Å². The number of hydrogen-bond acceptors (Lipinski definition) is 3. The van der Waals surface area contributed by atoms with Gasteiger partial charge in [-0.25, -0.2) is 0 Å². The van der Waals surface area contributed by atoms with E-state index in [2.05, 4.69) is 5.32 Å². The van der Waals surface area contributed by atoms with E-state index in [9.17, 15) is 9.90 Å². The number of amides is 1. The molecule has 4 rings (SSSR count). The van der Waals surface area contributed by atoms with Crippen LogP contribution >= 0.6 is 0 Å². The van der Waals surface area contributed by atoms with E-state index in [1.807, 2.05) is 29.0 Å². The summed E-state index contributed by atoms with van der Waals surface area (Å²) in [6.45, 7) is 1.08. The van der Waals surface area contributed by atoms with Gasteiger partial charge < -0.3 is 19.7 Å². The predicted molar refractivity (Wildman–Crippen MR) is 112 cm³/mol. The third-order valence-corrected chi connectivity index (χ3v) is 6.17. The number of carbonyl (C=O) groups excluding carboxylic acids is 1. The number of carbonyl (C=O) groups is 1. The third kappa shape index (κ3) is 4.28. The van der Waals surface area contributed by atoms with E-state index < -0.39 is 5.60 Å². The normalized spacial score (nSPS) is 19.9. The van der Waals surface area contributed by atoms with Crippen LogP contribution in [-0.4, -0.2) is 42.2 Å². The Morgan fingerprint density at radius 2 is 2.00 bits per heavy atom. The van der Waals surface area contributed by atoms with Gasteiger partial charge in [0.25, 0.3) is 0 Å². The zero-order valence-electron chi connectivity index (χ0n) is 16.5. The lowest BCUT2D eigenvalue weighted by Crippen LogP contribution is -2.52. The van der Waals surface area contributed by atoms with Crippen molar-refractivity contribution >= 4 is 35.8 Å². The van der Waals surface area contributed by atoms with Crippen molar-refractivity contribution in [2.24, 2.45) is 5.92 Å². The van der Waals surface area contributed by atoms with Crippen LogP contribution in [-0.2, 0) is 16.1 Å². The summed E-state index contributed by atoms with van der Waals surface area (Å²) in [4.78, 5) is 12.6. The first-order chi connectivity index (χ1) is 13.5. The van der Waals surface area contributed by atoms with E-state index in [1.165, 1.54) is 38.5 Å². The van der Waals surface area contributed by atoms with Crippen molar-refractivity contribution in [2.45, 2.75) is 63.5 Å². The minimum atomic E-state index is -0.850. The van der Waals surface area contributed by atoms with Gasteiger partial charge in [-0.1, -0.05) is 56.1 Å². The molecule has 2 aliphatic rings. The number of benzene rings is 1. The Bertz CT molecular complexity index is 836. The van der Waals surface area contributed by atoms with Gasteiger partial charge in [-0.3, -0.25) is 4.79 Å². The molecule has 2 fully saturated rings. The molecule has 28 heavy (non-hydrogen) atoms. The summed E-state index contributed by atoms with van der Waals surface area (Å²) in [5.41, 5.74) is 1.42. The fraction of sp³-hybridized carbons (Fsp3) is 0.591. The minimum absolute atomic E-state index is 0.0391. The minimum Gasteiger partial charge on any atom is -0.383 e. The Balaban J connectivity index is 1.47. The molecule has 1 saturated carbocycles. The van der Waals surface area contributed by atoms with Crippen LogP contribution in [0.2, 0.25) is 0 Å². The van der Waals surface area contributed by atoms with Gasteiger partial charge in [0, 0.05) is 23.5 Å². The molecule has 1 saturated heterocycles. The largest absolute Gasteiger partial charge is 0.383 e. The van der Waals surface area contributed by atoms with Gasteiger partial charge in [0.2, 0.25) is 5.91 Å². The van der Waals surface area contributed by atoms with Gasteiger partial charge >= 0.3 is 0 Å². The van der Waals surface area contributed by atoms with Crippen molar-refractivity contribution in [3.8, 4) is 0 Å². The lowest BCUT2D eigenvalue weighted by molar-refractivity contribution is -0.184. The first kappa shape index (κ1) is 19.5. The van der Waals surface area contributed by atoms with Crippen LogP contribution in [0.25, 0.3) is 10.9 Å². The third-order valence-electron chi connectivity index (χ3n) is 6.17. The average molecular weight is 380 g/mol.